The average Bonchev–Trinajstić information content (AvgIpc) is 2.61. The van der Waals surface area contributed by atoms with Crippen LogP contribution >= 0.6 is 11.6 Å². The van der Waals surface area contributed by atoms with Gasteiger partial charge < -0.3 is 11.1 Å². The van der Waals surface area contributed by atoms with E-state index in [0.717, 1.165) is 12.1 Å². The number of anilines is 2. The number of nitro groups is 1. The highest BCUT2D eigenvalue weighted by Gasteiger charge is 2.14. The van der Waals surface area contributed by atoms with E-state index in [1.54, 1.807) is 31.2 Å². The number of hydrogen-bond acceptors (Lipinski definition) is 6. The number of para-hydroxylation sites is 1. The second-order valence-corrected chi connectivity index (χ2v) is 5.97. The first-order chi connectivity index (χ1) is 12.8. The molecule has 140 valence electrons. The third-order valence-corrected chi connectivity index (χ3v) is 3.66. The zero-order chi connectivity index (χ0) is 20.0. The molecule has 0 spiro atoms. The van der Waals surface area contributed by atoms with Crippen LogP contribution in [0.4, 0.5) is 17.1 Å². The van der Waals surface area contributed by atoms with E-state index in [4.69, 9.17) is 17.3 Å². The molecule has 0 atom stereocenters. The molecule has 2 rings (SSSR count). The molecule has 27 heavy (non-hydrogen) atoms. The summed E-state index contributed by atoms with van der Waals surface area (Å²) in [5.74, 6) is -1.05. The van der Waals surface area contributed by atoms with Gasteiger partial charge in [-0.25, -0.2) is 5.43 Å². The van der Waals surface area contributed by atoms with Crippen LogP contribution in [0.2, 0.25) is 5.02 Å². The van der Waals surface area contributed by atoms with Gasteiger partial charge in [0, 0.05) is 23.5 Å². The molecule has 10 heteroatoms. The molecule has 0 aliphatic heterocycles. The van der Waals surface area contributed by atoms with Crippen molar-refractivity contribution in [1.82, 2.24) is 5.43 Å². The predicted octanol–water partition coefficient (Wildman–Crippen LogP) is 2.96. The monoisotopic (exact) mass is 389 g/mol. The van der Waals surface area contributed by atoms with Crippen molar-refractivity contribution in [3.05, 3.63) is 63.2 Å². The molecule has 0 bridgehead atoms. The summed E-state index contributed by atoms with van der Waals surface area (Å²) in [7, 11) is 0. The molecule has 4 N–H and O–H groups in total. The first-order valence-electron chi connectivity index (χ1n) is 7.69. The first-order valence-corrected chi connectivity index (χ1v) is 8.07. The fourth-order valence-corrected chi connectivity index (χ4v) is 2.29. The van der Waals surface area contributed by atoms with Crippen LogP contribution < -0.4 is 16.5 Å². The molecule has 0 fully saturated rings. The fourth-order valence-electron chi connectivity index (χ4n) is 2.11. The Bertz CT molecular complexity index is 929. The van der Waals surface area contributed by atoms with Crippen molar-refractivity contribution in [1.29, 1.82) is 0 Å². The van der Waals surface area contributed by atoms with Gasteiger partial charge in [0.2, 0.25) is 5.91 Å². The van der Waals surface area contributed by atoms with Gasteiger partial charge in [0.25, 0.3) is 11.6 Å². The summed E-state index contributed by atoms with van der Waals surface area (Å²) in [6, 6.07) is 10.3. The Morgan fingerprint density at radius 1 is 1.26 bits per heavy atom. The number of carbonyl (C=O) groups excluding carboxylic acids is 2. The minimum Gasteiger partial charge on any atom is -0.399 e. The first kappa shape index (κ1) is 19.9. The molecule has 0 saturated heterocycles. The lowest BCUT2D eigenvalue weighted by Crippen LogP contribution is -2.21. The van der Waals surface area contributed by atoms with Gasteiger partial charge in [-0.1, -0.05) is 23.7 Å². The second kappa shape index (κ2) is 8.77. The molecular weight excluding hydrogens is 374 g/mol. The van der Waals surface area contributed by atoms with E-state index in [1.165, 1.54) is 6.07 Å². The summed E-state index contributed by atoms with van der Waals surface area (Å²) < 4.78 is 0. The zero-order valence-corrected chi connectivity index (χ0v) is 15.0. The van der Waals surface area contributed by atoms with Crippen LogP contribution in [-0.2, 0) is 4.79 Å². The molecule has 0 saturated carbocycles. The predicted molar refractivity (Wildman–Crippen MR) is 103 cm³/mol. The summed E-state index contributed by atoms with van der Waals surface area (Å²) in [4.78, 5) is 34.3. The van der Waals surface area contributed by atoms with Crippen molar-refractivity contribution in [2.45, 2.75) is 13.3 Å². The van der Waals surface area contributed by atoms with Gasteiger partial charge in [-0.2, -0.15) is 5.10 Å². The minimum absolute atomic E-state index is 0.0150. The highest BCUT2D eigenvalue weighted by molar-refractivity contribution is 6.33. The van der Waals surface area contributed by atoms with Crippen LogP contribution in [0.3, 0.4) is 0 Å². The van der Waals surface area contributed by atoms with Crippen molar-refractivity contribution >= 4 is 46.2 Å². The minimum atomic E-state index is -0.684. The van der Waals surface area contributed by atoms with Gasteiger partial charge in [-0.15, -0.1) is 0 Å². The van der Waals surface area contributed by atoms with Crippen LogP contribution in [0, 0.1) is 10.1 Å². The largest absolute Gasteiger partial charge is 0.399 e. The van der Waals surface area contributed by atoms with Crippen LogP contribution in [0.5, 0.6) is 0 Å². The molecule has 0 unspecified atom stereocenters. The lowest BCUT2D eigenvalue weighted by Gasteiger charge is -2.07. The Kier molecular flexibility index (Phi) is 6.45. The molecule has 0 aromatic heterocycles. The van der Waals surface area contributed by atoms with Gasteiger partial charge in [-0.3, -0.25) is 19.7 Å². The maximum atomic E-state index is 12.1. The topological polar surface area (TPSA) is 140 Å². The van der Waals surface area contributed by atoms with Crippen LogP contribution in [0.25, 0.3) is 0 Å². The van der Waals surface area contributed by atoms with Crippen LogP contribution in [0.1, 0.15) is 23.7 Å². The standard InChI is InChI=1S/C17H16ClN5O4/c1-10(6-16(24)20-15-5-3-2-4-14(15)18)21-22-17(25)11-7-12(19)9-13(8-11)23(26)27/h2-5,7-9H,6,19H2,1H3,(H,20,24)(H,22,25). The molecule has 9 nitrogen and oxygen atoms in total. The number of nitrogens with two attached hydrogens (primary N) is 1. The number of nitrogen functional groups attached to an aromatic ring is 1. The third-order valence-electron chi connectivity index (χ3n) is 3.33. The van der Waals surface area contributed by atoms with Crippen molar-refractivity contribution in [2.24, 2.45) is 5.10 Å². The number of nitrogens with zero attached hydrogens (tertiary/aromatic N) is 2. The summed E-state index contributed by atoms with van der Waals surface area (Å²) in [5, 5.41) is 17.7. The van der Waals surface area contributed by atoms with Crippen molar-refractivity contribution in [3.8, 4) is 0 Å². The summed E-state index contributed by atoms with van der Waals surface area (Å²) in [6.45, 7) is 1.55. The number of non-ortho nitro benzene ring substituents is 1. The smallest absolute Gasteiger partial charge is 0.272 e. The average molecular weight is 390 g/mol. The van der Waals surface area contributed by atoms with E-state index in [9.17, 15) is 19.7 Å². The van der Waals surface area contributed by atoms with E-state index in [-0.39, 0.29) is 29.3 Å². The van der Waals surface area contributed by atoms with Gasteiger partial charge in [0.15, 0.2) is 0 Å². The Balaban J connectivity index is 1.98. The van der Waals surface area contributed by atoms with Gasteiger partial charge in [0.1, 0.15) is 0 Å². The molecule has 2 aromatic carbocycles. The van der Waals surface area contributed by atoms with Gasteiger partial charge in [0.05, 0.1) is 27.6 Å². The Hall–Kier alpha value is -3.46. The Morgan fingerprint density at radius 2 is 1.96 bits per heavy atom. The van der Waals surface area contributed by atoms with E-state index < -0.39 is 10.8 Å². The number of nitro benzene ring substituents is 1. The van der Waals surface area contributed by atoms with Gasteiger partial charge >= 0.3 is 0 Å². The summed E-state index contributed by atoms with van der Waals surface area (Å²) in [6.07, 6.45) is -0.0808. The fraction of sp³-hybridized carbons (Fsp3) is 0.118. The highest BCUT2D eigenvalue weighted by Crippen LogP contribution is 2.20. The summed E-state index contributed by atoms with van der Waals surface area (Å²) in [5.41, 5.74) is 8.34. The number of benzene rings is 2. The van der Waals surface area contributed by atoms with Crippen molar-refractivity contribution < 1.29 is 14.5 Å². The SMILES string of the molecule is CC(CC(=O)Nc1ccccc1Cl)=NNC(=O)c1cc(N)cc([N+](=O)[O-])c1. The number of halogens is 1. The number of nitrogens with one attached hydrogen (secondary N) is 2. The Labute approximate surface area is 159 Å². The van der Waals surface area contributed by atoms with Crippen LogP contribution in [0.15, 0.2) is 47.6 Å². The molecular formula is C17H16ClN5O4. The normalized spacial score (nSPS) is 11.0. The number of amides is 2. The van der Waals surface area contributed by atoms with E-state index >= 15 is 0 Å². The highest BCUT2D eigenvalue weighted by atomic mass is 35.5. The Morgan fingerprint density at radius 3 is 2.63 bits per heavy atom. The van der Waals surface area contributed by atoms with Gasteiger partial charge in [-0.05, 0) is 25.1 Å². The lowest BCUT2D eigenvalue weighted by atomic mass is 10.1. The zero-order valence-electron chi connectivity index (χ0n) is 14.2. The molecule has 0 radical (unpaired) electrons. The van der Waals surface area contributed by atoms with Crippen molar-refractivity contribution in [3.63, 3.8) is 0 Å². The number of rotatable bonds is 6. The maximum absolute atomic E-state index is 12.1. The lowest BCUT2D eigenvalue weighted by molar-refractivity contribution is -0.384. The van der Waals surface area contributed by atoms with Crippen LogP contribution in [-0.4, -0.2) is 22.4 Å². The quantitative estimate of drug-likeness (QED) is 0.301. The number of hydrogen-bond donors (Lipinski definition) is 3. The van der Waals surface area contributed by atoms with E-state index in [2.05, 4.69) is 15.8 Å². The van der Waals surface area contributed by atoms with E-state index in [1.807, 2.05) is 0 Å². The van der Waals surface area contributed by atoms with Crippen molar-refractivity contribution in [2.75, 3.05) is 11.1 Å². The molecule has 2 aromatic rings. The number of carbonyl (C=O) groups is 2. The summed E-state index contributed by atoms with van der Waals surface area (Å²) >= 11 is 5.96. The molecule has 2 amide bonds. The second-order valence-electron chi connectivity index (χ2n) is 5.56. The third kappa shape index (κ3) is 5.79. The molecule has 0 aliphatic carbocycles. The van der Waals surface area contributed by atoms with E-state index in [0.29, 0.717) is 16.4 Å². The molecule has 0 aliphatic rings. The maximum Gasteiger partial charge on any atom is 0.272 e. The number of hydrazone groups is 1. The molecule has 0 heterocycles.